The molecule has 0 saturated carbocycles. The summed E-state index contributed by atoms with van der Waals surface area (Å²) in [4.78, 5) is 10.2. The van der Waals surface area contributed by atoms with Crippen molar-refractivity contribution in [1.29, 1.82) is 0 Å². The lowest BCUT2D eigenvalue weighted by atomic mass is 10.4. The van der Waals surface area contributed by atoms with E-state index in [1.54, 1.807) is 22.6 Å². The molecule has 0 atom stereocenters. The van der Waals surface area contributed by atoms with Gasteiger partial charge >= 0.3 is 5.97 Å². The lowest BCUT2D eigenvalue weighted by Gasteiger charge is -1.96. The standard InChI is InChI=1S/C7H7F2IN2O2/c8-7(9)6-4(10)3-12(11-6)2-1-5(13)14/h3,7H,1-2H2,(H,13,14). The van der Waals surface area contributed by atoms with Crippen LogP contribution in [0, 0.1) is 3.57 Å². The number of nitrogens with zero attached hydrogens (tertiary/aromatic N) is 2. The van der Waals surface area contributed by atoms with E-state index in [0.29, 0.717) is 3.57 Å². The Morgan fingerprint density at radius 1 is 1.71 bits per heavy atom. The molecule has 1 aromatic heterocycles. The average molecular weight is 316 g/mol. The molecule has 0 radical (unpaired) electrons. The van der Waals surface area contributed by atoms with Crippen molar-refractivity contribution in [2.24, 2.45) is 0 Å². The number of hydrogen-bond acceptors (Lipinski definition) is 2. The molecule has 0 aromatic carbocycles. The van der Waals surface area contributed by atoms with Crippen LogP contribution in [0.25, 0.3) is 0 Å². The summed E-state index contributed by atoms with van der Waals surface area (Å²) in [5, 5.41) is 11.9. The summed E-state index contributed by atoms with van der Waals surface area (Å²) in [5.74, 6) is -0.978. The van der Waals surface area contributed by atoms with E-state index >= 15 is 0 Å². The van der Waals surface area contributed by atoms with Crippen molar-refractivity contribution in [1.82, 2.24) is 9.78 Å². The Hall–Kier alpha value is -0.730. The molecule has 0 bridgehead atoms. The van der Waals surface area contributed by atoms with Crippen molar-refractivity contribution >= 4 is 28.6 Å². The molecule has 1 N–H and O–H groups in total. The second-order valence-electron chi connectivity index (χ2n) is 2.57. The molecule has 0 aliphatic heterocycles. The summed E-state index contributed by atoms with van der Waals surface area (Å²) in [6, 6.07) is 0. The number of carboxylic acid groups (broad SMARTS) is 1. The van der Waals surface area contributed by atoms with Gasteiger partial charge < -0.3 is 5.11 Å². The van der Waals surface area contributed by atoms with Crippen molar-refractivity contribution in [3.63, 3.8) is 0 Å². The Bertz CT molecular complexity index is 340. The molecule has 0 aliphatic carbocycles. The van der Waals surface area contributed by atoms with Gasteiger partial charge in [0.2, 0.25) is 0 Å². The quantitative estimate of drug-likeness (QED) is 0.863. The molecule has 78 valence electrons. The zero-order valence-corrected chi connectivity index (χ0v) is 9.11. The Morgan fingerprint density at radius 3 is 2.79 bits per heavy atom. The van der Waals surface area contributed by atoms with Gasteiger partial charge in [0.05, 0.1) is 16.5 Å². The molecule has 7 heteroatoms. The highest BCUT2D eigenvalue weighted by molar-refractivity contribution is 14.1. The largest absolute Gasteiger partial charge is 0.481 e. The fourth-order valence-electron chi connectivity index (χ4n) is 0.885. The van der Waals surface area contributed by atoms with Gasteiger partial charge in [-0.25, -0.2) is 8.78 Å². The van der Waals surface area contributed by atoms with Gasteiger partial charge in [0.25, 0.3) is 6.43 Å². The van der Waals surface area contributed by atoms with Gasteiger partial charge in [0.1, 0.15) is 5.69 Å². The van der Waals surface area contributed by atoms with Gasteiger partial charge in [-0.15, -0.1) is 0 Å². The molecule has 4 nitrogen and oxygen atoms in total. The number of rotatable bonds is 4. The summed E-state index contributed by atoms with van der Waals surface area (Å²) in [6.45, 7) is 0.109. The van der Waals surface area contributed by atoms with Crippen LogP contribution in [0.1, 0.15) is 18.5 Å². The number of hydrogen-bond donors (Lipinski definition) is 1. The van der Waals surface area contributed by atoms with Crippen LogP contribution in [-0.4, -0.2) is 20.9 Å². The predicted octanol–water partition coefficient (Wildman–Crippen LogP) is 1.90. The van der Waals surface area contributed by atoms with Gasteiger partial charge in [-0.05, 0) is 22.6 Å². The highest BCUT2D eigenvalue weighted by atomic mass is 127. The zero-order valence-electron chi connectivity index (χ0n) is 6.95. The van der Waals surface area contributed by atoms with E-state index in [1.165, 1.54) is 10.9 Å². The minimum absolute atomic E-state index is 0.109. The first-order chi connectivity index (χ1) is 6.50. The lowest BCUT2D eigenvalue weighted by Crippen LogP contribution is -2.05. The van der Waals surface area contributed by atoms with E-state index in [1.807, 2.05) is 0 Å². The second kappa shape index (κ2) is 4.67. The number of aromatic nitrogens is 2. The van der Waals surface area contributed by atoms with E-state index in [2.05, 4.69) is 5.10 Å². The maximum absolute atomic E-state index is 12.2. The van der Waals surface area contributed by atoms with Crippen LogP contribution in [0.2, 0.25) is 0 Å². The maximum Gasteiger partial charge on any atom is 0.305 e. The Morgan fingerprint density at radius 2 is 2.36 bits per heavy atom. The van der Waals surface area contributed by atoms with Crippen LogP contribution >= 0.6 is 22.6 Å². The third-order valence-corrected chi connectivity index (χ3v) is 2.34. The summed E-state index contributed by atoms with van der Waals surface area (Å²) in [7, 11) is 0. The number of halogens is 3. The molecule has 0 saturated heterocycles. The average Bonchev–Trinajstić information content (AvgIpc) is 2.43. The maximum atomic E-state index is 12.2. The summed E-state index contributed by atoms with van der Waals surface area (Å²) in [5.41, 5.74) is -0.295. The van der Waals surface area contributed by atoms with Crippen molar-refractivity contribution in [3.05, 3.63) is 15.5 Å². The normalized spacial score (nSPS) is 10.9. The molecule has 1 rings (SSSR count). The van der Waals surface area contributed by atoms with E-state index in [-0.39, 0.29) is 18.7 Å². The number of aryl methyl sites for hydroxylation is 1. The molecule has 0 aliphatic rings. The third-order valence-electron chi connectivity index (χ3n) is 1.50. The summed E-state index contributed by atoms with van der Waals surface area (Å²) >= 11 is 1.74. The smallest absolute Gasteiger partial charge is 0.305 e. The summed E-state index contributed by atoms with van der Waals surface area (Å²) < 4.78 is 26.1. The van der Waals surface area contributed by atoms with Gasteiger partial charge in [0, 0.05) is 6.20 Å². The molecule has 1 heterocycles. The van der Waals surface area contributed by atoms with Crippen LogP contribution in [0.4, 0.5) is 8.78 Å². The SMILES string of the molecule is O=C(O)CCn1cc(I)c(C(F)F)n1. The molecular formula is C7H7F2IN2O2. The number of alkyl halides is 2. The molecule has 0 fully saturated rings. The fourth-order valence-corrected chi connectivity index (χ4v) is 1.55. The summed E-state index contributed by atoms with van der Waals surface area (Å²) in [6.07, 6.45) is -1.33. The third kappa shape index (κ3) is 2.89. The van der Waals surface area contributed by atoms with Crippen LogP contribution in [0.5, 0.6) is 0 Å². The monoisotopic (exact) mass is 316 g/mol. The van der Waals surface area contributed by atoms with Gasteiger partial charge in [0.15, 0.2) is 0 Å². The van der Waals surface area contributed by atoms with Gasteiger partial charge in [-0.2, -0.15) is 5.10 Å². The van der Waals surface area contributed by atoms with Gasteiger partial charge in [-0.1, -0.05) is 0 Å². The van der Waals surface area contributed by atoms with Crippen molar-refractivity contribution in [2.75, 3.05) is 0 Å². The molecule has 0 spiro atoms. The molecular weight excluding hydrogens is 309 g/mol. The first-order valence-electron chi connectivity index (χ1n) is 3.73. The van der Waals surface area contributed by atoms with Crippen molar-refractivity contribution in [2.45, 2.75) is 19.4 Å². The van der Waals surface area contributed by atoms with Crippen LogP contribution in [0.3, 0.4) is 0 Å². The minimum Gasteiger partial charge on any atom is -0.481 e. The van der Waals surface area contributed by atoms with E-state index in [9.17, 15) is 13.6 Å². The fraction of sp³-hybridized carbons (Fsp3) is 0.429. The van der Waals surface area contributed by atoms with Crippen molar-refractivity contribution in [3.8, 4) is 0 Å². The molecule has 0 amide bonds. The second-order valence-corrected chi connectivity index (χ2v) is 3.73. The first kappa shape index (κ1) is 11.3. The van der Waals surface area contributed by atoms with E-state index < -0.39 is 12.4 Å². The number of carbonyl (C=O) groups is 1. The van der Waals surface area contributed by atoms with Crippen LogP contribution in [0.15, 0.2) is 6.20 Å². The number of carboxylic acids is 1. The Kier molecular flexibility index (Phi) is 3.78. The molecule has 14 heavy (non-hydrogen) atoms. The van der Waals surface area contributed by atoms with E-state index in [0.717, 1.165) is 0 Å². The highest BCUT2D eigenvalue weighted by Crippen LogP contribution is 2.22. The molecule has 0 unspecified atom stereocenters. The Balaban J connectivity index is 2.71. The van der Waals surface area contributed by atoms with Crippen molar-refractivity contribution < 1.29 is 18.7 Å². The van der Waals surface area contributed by atoms with Crippen LogP contribution < -0.4 is 0 Å². The van der Waals surface area contributed by atoms with Crippen LogP contribution in [-0.2, 0) is 11.3 Å². The zero-order chi connectivity index (χ0) is 10.7. The Labute approximate surface area is 92.0 Å². The minimum atomic E-state index is -2.62. The topological polar surface area (TPSA) is 55.1 Å². The van der Waals surface area contributed by atoms with E-state index in [4.69, 9.17) is 5.11 Å². The lowest BCUT2D eigenvalue weighted by molar-refractivity contribution is -0.137. The highest BCUT2D eigenvalue weighted by Gasteiger charge is 2.16. The first-order valence-corrected chi connectivity index (χ1v) is 4.81. The number of aliphatic carboxylic acids is 1. The molecule has 1 aromatic rings. The predicted molar refractivity (Wildman–Crippen MR) is 52.2 cm³/mol. The van der Waals surface area contributed by atoms with Gasteiger partial charge in [-0.3, -0.25) is 9.48 Å².